The molecule has 118 valence electrons. The first kappa shape index (κ1) is 16.6. The summed E-state index contributed by atoms with van der Waals surface area (Å²) < 4.78 is 5.95. The van der Waals surface area contributed by atoms with Crippen molar-refractivity contribution in [2.45, 2.75) is 45.2 Å². The van der Waals surface area contributed by atoms with Crippen LogP contribution < -0.4 is 10.1 Å². The highest BCUT2D eigenvalue weighted by molar-refractivity contribution is 6.32. The van der Waals surface area contributed by atoms with E-state index in [2.05, 4.69) is 37.2 Å². The van der Waals surface area contributed by atoms with Crippen LogP contribution in [-0.4, -0.2) is 37.7 Å². The molecule has 21 heavy (non-hydrogen) atoms. The molecule has 0 radical (unpaired) electrons. The minimum atomic E-state index is 0.311. The van der Waals surface area contributed by atoms with Gasteiger partial charge in [-0.1, -0.05) is 31.0 Å². The van der Waals surface area contributed by atoms with Crippen LogP contribution in [0.5, 0.6) is 5.75 Å². The van der Waals surface area contributed by atoms with Gasteiger partial charge in [0.25, 0.3) is 0 Å². The normalized spacial score (nSPS) is 21.2. The molecule has 0 saturated carbocycles. The minimum Gasteiger partial charge on any atom is -0.490 e. The van der Waals surface area contributed by atoms with Crippen LogP contribution >= 0.6 is 11.6 Å². The zero-order valence-corrected chi connectivity index (χ0v) is 14.1. The van der Waals surface area contributed by atoms with Crippen molar-refractivity contribution < 1.29 is 4.74 Å². The van der Waals surface area contributed by atoms with Crippen LogP contribution in [0.4, 0.5) is 0 Å². The first-order valence-electron chi connectivity index (χ1n) is 7.97. The highest BCUT2D eigenvalue weighted by atomic mass is 35.5. The van der Waals surface area contributed by atoms with Crippen LogP contribution in [0.15, 0.2) is 18.2 Å². The van der Waals surface area contributed by atoms with Gasteiger partial charge in [-0.25, -0.2) is 0 Å². The van der Waals surface area contributed by atoms with Gasteiger partial charge in [0.15, 0.2) is 0 Å². The number of hydrogen-bond donors (Lipinski definition) is 1. The number of halogens is 1. The fourth-order valence-electron chi connectivity index (χ4n) is 2.87. The molecular formula is C17H27ClN2O. The lowest BCUT2D eigenvalue weighted by atomic mass is 10.0. The molecule has 0 spiro atoms. The number of ether oxygens (including phenoxy) is 1. The Morgan fingerprint density at radius 2 is 2.24 bits per heavy atom. The highest BCUT2D eigenvalue weighted by Gasteiger charge is 2.19. The molecule has 1 N–H and O–H groups in total. The van der Waals surface area contributed by atoms with E-state index in [4.69, 9.17) is 16.3 Å². The Morgan fingerprint density at radius 3 is 2.90 bits per heavy atom. The molecule has 1 aromatic carbocycles. The molecule has 4 heteroatoms. The van der Waals surface area contributed by atoms with Gasteiger partial charge in [-0.05, 0) is 57.6 Å². The number of likely N-dealkylation sites (tertiary alicyclic amines) is 1. The predicted octanol–water partition coefficient (Wildman–Crippen LogP) is 3.87. The Bertz CT molecular complexity index is 452. The topological polar surface area (TPSA) is 24.5 Å². The van der Waals surface area contributed by atoms with Gasteiger partial charge in [-0.15, -0.1) is 0 Å². The highest BCUT2D eigenvalue weighted by Crippen LogP contribution is 2.28. The number of rotatable bonds is 6. The summed E-state index contributed by atoms with van der Waals surface area (Å²) in [5.41, 5.74) is 1.20. The monoisotopic (exact) mass is 310 g/mol. The number of likely N-dealkylation sites (N-methyl/N-ethyl adjacent to an activating group) is 1. The van der Waals surface area contributed by atoms with E-state index in [1.54, 1.807) is 0 Å². The van der Waals surface area contributed by atoms with E-state index in [9.17, 15) is 0 Å². The van der Waals surface area contributed by atoms with Gasteiger partial charge in [0, 0.05) is 12.1 Å². The van der Waals surface area contributed by atoms with Gasteiger partial charge in [0.05, 0.1) is 5.02 Å². The molecule has 1 aromatic rings. The Balaban J connectivity index is 1.94. The second-order valence-corrected chi connectivity index (χ2v) is 6.32. The number of hydrogen-bond acceptors (Lipinski definition) is 3. The Kier molecular flexibility index (Phi) is 6.34. The summed E-state index contributed by atoms with van der Waals surface area (Å²) in [4.78, 5) is 2.39. The summed E-state index contributed by atoms with van der Waals surface area (Å²) in [6.45, 7) is 7.09. The maximum absolute atomic E-state index is 6.36. The third-order valence-corrected chi connectivity index (χ3v) is 4.61. The van der Waals surface area contributed by atoms with Crippen molar-refractivity contribution >= 4 is 11.6 Å². The Morgan fingerprint density at radius 1 is 1.43 bits per heavy atom. The van der Waals surface area contributed by atoms with E-state index < -0.39 is 0 Å². The van der Waals surface area contributed by atoms with Gasteiger partial charge >= 0.3 is 0 Å². The summed E-state index contributed by atoms with van der Waals surface area (Å²) >= 11 is 6.36. The molecule has 1 aliphatic rings. The maximum atomic E-state index is 6.36. The molecule has 2 rings (SSSR count). The average molecular weight is 311 g/mol. The van der Waals surface area contributed by atoms with Crippen molar-refractivity contribution in [3.63, 3.8) is 0 Å². The van der Waals surface area contributed by atoms with Gasteiger partial charge in [-0.3, -0.25) is 0 Å². The molecule has 1 saturated heterocycles. The molecule has 1 aliphatic heterocycles. The predicted molar refractivity (Wildman–Crippen MR) is 89.3 cm³/mol. The van der Waals surface area contributed by atoms with E-state index >= 15 is 0 Å². The summed E-state index contributed by atoms with van der Waals surface area (Å²) in [7, 11) is 2.18. The lowest BCUT2D eigenvalue weighted by Gasteiger charge is -2.32. The lowest BCUT2D eigenvalue weighted by molar-refractivity contribution is 0.125. The van der Waals surface area contributed by atoms with E-state index in [1.165, 1.54) is 31.4 Å². The summed E-state index contributed by atoms with van der Waals surface area (Å²) in [6.07, 6.45) is 3.81. The van der Waals surface area contributed by atoms with E-state index in [1.807, 2.05) is 12.1 Å². The molecule has 2 atom stereocenters. The third-order valence-electron chi connectivity index (χ3n) is 4.32. The third kappa shape index (κ3) is 4.60. The number of benzene rings is 1. The van der Waals surface area contributed by atoms with Gasteiger partial charge in [-0.2, -0.15) is 0 Å². The van der Waals surface area contributed by atoms with Crippen molar-refractivity contribution in [1.29, 1.82) is 0 Å². The summed E-state index contributed by atoms with van der Waals surface area (Å²) in [5.74, 6) is 0.795. The molecule has 1 fully saturated rings. The molecule has 0 amide bonds. The van der Waals surface area contributed by atoms with Crippen molar-refractivity contribution in [2.24, 2.45) is 0 Å². The van der Waals surface area contributed by atoms with Crippen molar-refractivity contribution in [1.82, 2.24) is 10.2 Å². The largest absolute Gasteiger partial charge is 0.490 e. The molecule has 3 nitrogen and oxygen atoms in total. The van der Waals surface area contributed by atoms with Crippen LogP contribution in [0.2, 0.25) is 5.02 Å². The summed E-state index contributed by atoms with van der Waals surface area (Å²) in [6, 6.07) is 6.92. The molecule has 0 aromatic heterocycles. The van der Waals surface area contributed by atoms with Crippen molar-refractivity contribution in [3.05, 3.63) is 28.8 Å². The zero-order chi connectivity index (χ0) is 15.2. The van der Waals surface area contributed by atoms with Gasteiger partial charge < -0.3 is 15.0 Å². The quantitative estimate of drug-likeness (QED) is 0.863. The van der Waals surface area contributed by atoms with Gasteiger partial charge in [0.2, 0.25) is 0 Å². The molecular weight excluding hydrogens is 284 g/mol. The first-order chi connectivity index (χ1) is 10.1. The SMILES string of the molecule is CCNC(C)c1ccc(OCC2CCCCN2C)c(Cl)c1. The molecule has 1 heterocycles. The lowest BCUT2D eigenvalue weighted by Crippen LogP contribution is -2.40. The van der Waals surface area contributed by atoms with E-state index in [0.717, 1.165) is 18.9 Å². The number of nitrogens with zero attached hydrogens (tertiary/aromatic N) is 1. The van der Waals surface area contributed by atoms with Gasteiger partial charge in [0.1, 0.15) is 12.4 Å². The number of nitrogens with one attached hydrogen (secondary N) is 1. The zero-order valence-electron chi connectivity index (χ0n) is 13.4. The Labute approximate surface area is 133 Å². The van der Waals surface area contributed by atoms with Crippen LogP contribution in [0.1, 0.15) is 44.7 Å². The van der Waals surface area contributed by atoms with E-state index in [0.29, 0.717) is 17.1 Å². The minimum absolute atomic E-state index is 0.311. The molecule has 2 unspecified atom stereocenters. The molecule has 0 bridgehead atoms. The second-order valence-electron chi connectivity index (χ2n) is 5.91. The van der Waals surface area contributed by atoms with Crippen LogP contribution in [-0.2, 0) is 0 Å². The Hall–Kier alpha value is -0.770. The maximum Gasteiger partial charge on any atom is 0.137 e. The fourth-order valence-corrected chi connectivity index (χ4v) is 3.11. The van der Waals surface area contributed by atoms with Crippen molar-refractivity contribution in [3.8, 4) is 5.75 Å². The van der Waals surface area contributed by atoms with Crippen LogP contribution in [0, 0.1) is 0 Å². The van der Waals surface area contributed by atoms with Crippen molar-refractivity contribution in [2.75, 3.05) is 26.7 Å². The standard InChI is InChI=1S/C17H27ClN2O/c1-4-19-13(2)14-8-9-17(16(18)11-14)21-12-15-7-5-6-10-20(15)3/h8-9,11,13,15,19H,4-7,10,12H2,1-3H3. The summed E-state index contributed by atoms with van der Waals surface area (Å²) in [5, 5.41) is 4.10. The number of piperidine rings is 1. The second kappa shape index (κ2) is 8.02. The van der Waals surface area contributed by atoms with E-state index in [-0.39, 0.29) is 0 Å². The molecule has 0 aliphatic carbocycles. The average Bonchev–Trinajstić information content (AvgIpc) is 2.47. The van der Waals surface area contributed by atoms with Crippen LogP contribution in [0.3, 0.4) is 0 Å². The smallest absolute Gasteiger partial charge is 0.137 e. The first-order valence-corrected chi connectivity index (χ1v) is 8.35. The van der Waals surface area contributed by atoms with Crippen LogP contribution in [0.25, 0.3) is 0 Å². The fraction of sp³-hybridized carbons (Fsp3) is 0.647.